The van der Waals surface area contributed by atoms with Crippen molar-refractivity contribution in [3.8, 4) is 5.75 Å². The van der Waals surface area contributed by atoms with Crippen LogP contribution in [0, 0.1) is 5.82 Å². The number of likely N-dealkylation sites (N-methyl/N-ethyl adjacent to an activating group) is 1. The highest BCUT2D eigenvalue weighted by Crippen LogP contribution is 2.11. The van der Waals surface area contributed by atoms with Crippen LogP contribution >= 0.6 is 0 Å². The standard InChI is InChI=1S/C14H20FNO3/c1-3-13(14(17)18)16(2)9-4-10-19-12-7-5-11(15)6-8-12/h5-8,13H,3-4,9-10H2,1-2H3,(H,17,18). The van der Waals surface area contributed by atoms with Gasteiger partial charge in [-0.15, -0.1) is 0 Å². The Balaban J connectivity index is 2.26. The van der Waals surface area contributed by atoms with Crippen molar-refractivity contribution in [2.45, 2.75) is 25.8 Å². The topological polar surface area (TPSA) is 49.8 Å². The number of benzene rings is 1. The molecule has 1 aromatic carbocycles. The van der Waals surface area contributed by atoms with E-state index in [0.717, 1.165) is 6.42 Å². The third-order valence-corrected chi connectivity index (χ3v) is 2.94. The number of hydrogen-bond donors (Lipinski definition) is 1. The van der Waals surface area contributed by atoms with E-state index in [-0.39, 0.29) is 5.82 Å². The number of aliphatic carboxylic acids is 1. The number of ether oxygens (including phenoxy) is 1. The van der Waals surface area contributed by atoms with Crippen LogP contribution < -0.4 is 4.74 Å². The average Bonchev–Trinajstić information content (AvgIpc) is 2.37. The second kappa shape index (κ2) is 7.74. The summed E-state index contributed by atoms with van der Waals surface area (Å²) in [4.78, 5) is 12.8. The van der Waals surface area contributed by atoms with Crippen LogP contribution in [0.1, 0.15) is 19.8 Å². The van der Waals surface area contributed by atoms with E-state index in [2.05, 4.69) is 0 Å². The molecular weight excluding hydrogens is 249 g/mol. The van der Waals surface area contributed by atoms with Gasteiger partial charge in [0.15, 0.2) is 0 Å². The lowest BCUT2D eigenvalue weighted by molar-refractivity contribution is -0.142. The van der Waals surface area contributed by atoms with Crippen molar-refractivity contribution in [2.75, 3.05) is 20.2 Å². The number of halogens is 1. The number of rotatable bonds is 8. The van der Waals surface area contributed by atoms with Crippen LogP contribution in [0.5, 0.6) is 5.75 Å². The maximum Gasteiger partial charge on any atom is 0.320 e. The van der Waals surface area contributed by atoms with Gasteiger partial charge in [-0.25, -0.2) is 4.39 Å². The molecular formula is C14H20FNO3. The van der Waals surface area contributed by atoms with Crippen LogP contribution in [-0.4, -0.2) is 42.2 Å². The van der Waals surface area contributed by atoms with E-state index < -0.39 is 12.0 Å². The summed E-state index contributed by atoms with van der Waals surface area (Å²) in [5.74, 6) is -0.474. The summed E-state index contributed by atoms with van der Waals surface area (Å²) in [5, 5.41) is 9.00. The maximum atomic E-state index is 12.7. The van der Waals surface area contributed by atoms with Crippen molar-refractivity contribution in [3.05, 3.63) is 30.1 Å². The summed E-state index contributed by atoms with van der Waals surface area (Å²) in [5.41, 5.74) is 0. The zero-order valence-corrected chi connectivity index (χ0v) is 11.3. The Bertz CT molecular complexity index is 394. The third kappa shape index (κ3) is 5.26. The van der Waals surface area contributed by atoms with Gasteiger partial charge in [-0.1, -0.05) is 6.92 Å². The molecule has 1 N–H and O–H groups in total. The summed E-state index contributed by atoms with van der Waals surface area (Å²) < 4.78 is 18.1. The number of carboxylic acid groups (broad SMARTS) is 1. The Morgan fingerprint density at radius 2 is 2.05 bits per heavy atom. The van der Waals surface area contributed by atoms with Crippen molar-refractivity contribution >= 4 is 5.97 Å². The minimum Gasteiger partial charge on any atom is -0.494 e. The quantitative estimate of drug-likeness (QED) is 0.736. The van der Waals surface area contributed by atoms with Gasteiger partial charge in [0.05, 0.1) is 6.61 Å². The second-order valence-corrected chi connectivity index (χ2v) is 4.40. The van der Waals surface area contributed by atoms with Gasteiger partial charge in [-0.3, -0.25) is 9.69 Å². The van der Waals surface area contributed by atoms with E-state index >= 15 is 0 Å². The largest absolute Gasteiger partial charge is 0.494 e. The number of nitrogens with zero attached hydrogens (tertiary/aromatic N) is 1. The first-order valence-corrected chi connectivity index (χ1v) is 6.36. The molecule has 0 bridgehead atoms. The van der Waals surface area contributed by atoms with Crippen molar-refractivity contribution < 1.29 is 19.0 Å². The summed E-state index contributed by atoms with van der Waals surface area (Å²) in [6.45, 7) is 2.97. The van der Waals surface area contributed by atoms with Crippen LogP contribution in [0.3, 0.4) is 0 Å². The lowest BCUT2D eigenvalue weighted by Gasteiger charge is -2.23. The second-order valence-electron chi connectivity index (χ2n) is 4.40. The molecule has 1 unspecified atom stereocenters. The van der Waals surface area contributed by atoms with Crippen LogP contribution in [0.25, 0.3) is 0 Å². The molecule has 19 heavy (non-hydrogen) atoms. The SMILES string of the molecule is CCC(C(=O)O)N(C)CCCOc1ccc(F)cc1. The Morgan fingerprint density at radius 1 is 1.42 bits per heavy atom. The van der Waals surface area contributed by atoms with E-state index in [1.54, 1.807) is 24.1 Å². The lowest BCUT2D eigenvalue weighted by atomic mass is 10.2. The molecule has 0 aliphatic heterocycles. The predicted octanol–water partition coefficient (Wildman–Crippen LogP) is 2.39. The van der Waals surface area contributed by atoms with E-state index in [4.69, 9.17) is 9.84 Å². The molecule has 0 saturated heterocycles. The van der Waals surface area contributed by atoms with Gasteiger partial charge < -0.3 is 9.84 Å². The fourth-order valence-electron chi connectivity index (χ4n) is 1.87. The van der Waals surface area contributed by atoms with E-state index in [1.807, 2.05) is 6.92 Å². The Morgan fingerprint density at radius 3 is 2.58 bits per heavy atom. The average molecular weight is 269 g/mol. The summed E-state index contributed by atoms with van der Waals surface area (Å²) in [7, 11) is 1.79. The number of hydrogen-bond acceptors (Lipinski definition) is 3. The van der Waals surface area contributed by atoms with Crippen molar-refractivity contribution in [3.63, 3.8) is 0 Å². The molecule has 0 spiro atoms. The molecule has 4 nitrogen and oxygen atoms in total. The first-order chi connectivity index (χ1) is 9.04. The van der Waals surface area contributed by atoms with Crippen LogP contribution in [0.2, 0.25) is 0 Å². The normalized spacial score (nSPS) is 12.4. The molecule has 1 aromatic rings. The van der Waals surface area contributed by atoms with Gasteiger partial charge >= 0.3 is 5.97 Å². The Kier molecular flexibility index (Phi) is 6.29. The number of carboxylic acids is 1. The Hall–Kier alpha value is -1.62. The van der Waals surface area contributed by atoms with Crippen molar-refractivity contribution in [1.82, 2.24) is 4.90 Å². The first-order valence-electron chi connectivity index (χ1n) is 6.36. The lowest BCUT2D eigenvalue weighted by Crippen LogP contribution is -2.38. The molecule has 0 fully saturated rings. The molecule has 0 heterocycles. The van der Waals surface area contributed by atoms with Crippen molar-refractivity contribution in [1.29, 1.82) is 0 Å². The molecule has 0 aliphatic rings. The van der Waals surface area contributed by atoms with Crippen LogP contribution in [0.15, 0.2) is 24.3 Å². The third-order valence-electron chi connectivity index (χ3n) is 2.94. The van der Waals surface area contributed by atoms with E-state index in [1.165, 1.54) is 12.1 Å². The highest BCUT2D eigenvalue weighted by atomic mass is 19.1. The zero-order chi connectivity index (χ0) is 14.3. The molecule has 1 atom stereocenters. The molecule has 0 saturated carbocycles. The highest BCUT2D eigenvalue weighted by molar-refractivity contribution is 5.73. The van der Waals surface area contributed by atoms with Crippen LogP contribution in [-0.2, 0) is 4.79 Å². The zero-order valence-electron chi connectivity index (χ0n) is 11.3. The minimum atomic E-state index is -0.801. The summed E-state index contributed by atoms with van der Waals surface area (Å²) >= 11 is 0. The van der Waals surface area contributed by atoms with Gasteiger partial charge in [0.1, 0.15) is 17.6 Å². The first kappa shape index (κ1) is 15.4. The molecule has 0 aliphatic carbocycles. The van der Waals surface area contributed by atoms with Gasteiger partial charge in [-0.2, -0.15) is 0 Å². The van der Waals surface area contributed by atoms with Gasteiger partial charge in [0, 0.05) is 6.54 Å². The highest BCUT2D eigenvalue weighted by Gasteiger charge is 2.19. The molecule has 5 heteroatoms. The number of carbonyl (C=O) groups is 1. The fraction of sp³-hybridized carbons (Fsp3) is 0.500. The van der Waals surface area contributed by atoms with E-state index in [9.17, 15) is 9.18 Å². The Labute approximate surface area is 112 Å². The van der Waals surface area contributed by atoms with Gasteiger partial charge in [0.25, 0.3) is 0 Å². The molecule has 1 rings (SSSR count). The molecule has 106 valence electrons. The maximum absolute atomic E-state index is 12.7. The van der Waals surface area contributed by atoms with Crippen LogP contribution in [0.4, 0.5) is 4.39 Å². The molecule has 0 amide bonds. The summed E-state index contributed by atoms with van der Waals surface area (Å²) in [6.07, 6.45) is 1.29. The minimum absolute atomic E-state index is 0.292. The molecule has 0 radical (unpaired) electrons. The molecule has 0 aromatic heterocycles. The summed E-state index contributed by atoms with van der Waals surface area (Å²) in [6, 6.07) is 5.39. The van der Waals surface area contributed by atoms with Gasteiger partial charge in [-0.05, 0) is 44.2 Å². The fourth-order valence-corrected chi connectivity index (χ4v) is 1.87. The monoisotopic (exact) mass is 269 g/mol. The smallest absolute Gasteiger partial charge is 0.320 e. The van der Waals surface area contributed by atoms with Crippen molar-refractivity contribution in [2.24, 2.45) is 0 Å². The van der Waals surface area contributed by atoms with Gasteiger partial charge in [0.2, 0.25) is 0 Å². The predicted molar refractivity (Wildman–Crippen MR) is 70.9 cm³/mol. The van der Waals surface area contributed by atoms with E-state index in [0.29, 0.717) is 25.3 Å².